The van der Waals surface area contributed by atoms with Crippen molar-refractivity contribution in [2.75, 3.05) is 0 Å². The summed E-state index contributed by atoms with van der Waals surface area (Å²) >= 11 is 0. The Morgan fingerprint density at radius 2 is 1.57 bits per heavy atom. The molecule has 0 aromatic heterocycles. The Hall–Kier alpha value is -2.93. The van der Waals surface area contributed by atoms with Crippen LogP contribution in [0.25, 0.3) is 16.3 Å². The second kappa shape index (κ2) is 6.91. The van der Waals surface area contributed by atoms with Crippen LogP contribution in [0, 0.1) is 26.2 Å². The fourth-order valence-corrected chi connectivity index (χ4v) is 4.27. The van der Waals surface area contributed by atoms with Crippen molar-refractivity contribution in [1.29, 1.82) is 5.41 Å². The first-order valence-electron chi connectivity index (χ1n) is 9.95. The smallest absolute Gasteiger partial charge is 0.0699 e. The van der Waals surface area contributed by atoms with Crippen LogP contribution in [0.1, 0.15) is 53.6 Å². The van der Waals surface area contributed by atoms with Crippen molar-refractivity contribution in [2.45, 2.75) is 41.0 Å². The third-order valence-electron chi connectivity index (χ3n) is 6.49. The Bertz CT molecular complexity index is 1190. The van der Waals surface area contributed by atoms with Gasteiger partial charge in [-0.3, -0.25) is 5.41 Å². The lowest BCUT2D eigenvalue weighted by Crippen LogP contribution is -2.09. The highest BCUT2D eigenvalue weighted by Gasteiger charge is 2.21. The SMILES string of the molecule is CC1=CCC(c2ccc3ccccc3c2C(=N)c2ccc(C)c(C)c2C)=C1C. The number of allylic oxidation sites excluding steroid dienone is 4. The van der Waals surface area contributed by atoms with Gasteiger partial charge in [-0.25, -0.2) is 0 Å². The molecule has 1 aliphatic carbocycles. The van der Waals surface area contributed by atoms with Crippen molar-refractivity contribution in [3.63, 3.8) is 0 Å². The molecule has 0 fully saturated rings. The quantitative estimate of drug-likeness (QED) is 0.471. The van der Waals surface area contributed by atoms with Crippen LogP contribution in [0.2, 0.25) is 0 Å². The zero-order valence-electron chi connectivity index (χ0n) is 17.4. The van der Waals surface area contributed by atoms with Gasteiger partial charge >= 0.3 is 0 Å². The molecule has 0 saturated carbocycles. The van der Waals surface area contributed by atoms with Crippen molar-refractivity contribution < 1.29 is 0 Å². The van der Waals surface area contributed by atoms with Crippen LogP contribution < -0.4 is 0 Å². The van der Waals surface area contributed by atoms with Crippen LogP contribution in [-0.4, -0.2) is 5.71 Å². The molecule has 28 heavy (non-hydrogen) atoms. The summed E-state index contributed by atoms with van der Waals surface area (Å²) in [6.07, 6.45) is 3.25. The van der Waals surface area contributed by atoms with Gasteiger partial charge in [-0.1, -0.05) is 60.2 Å². The molecule has 1 aliphatic rings. The number of hydrogen-bond donors (Lipinski definition) is 1. The van der Waals surface area contributed by atoms with Gasteiger partial charge in [0.25, 0.3) is 0 Å². The summed E-state index contributed by atoms with van der Waals surface area (Å²) in [5.41, 5.74) is 11.7. The second-order valence-electron chi connectivity index (χ2n) is 7.96. The highest BCUT2D eigenvalue weighted by Crippen LogP contribution is 2.38. The molecule has 0 aliphatic heterocycles. The fourth-order valence-electron chi connectivity index (χ4n) is 4.27. The van der Waals surface area contributed by atoms with Crippen LogP contribution in [-0.2, 0) is 0 Å². The van der Waals surface area contributed by atoms with Gasteiger partial charge < -0.3 is 0 Å². The van der Waals surface area contributed by atoms with Gasteiger partial charge in [-0.2, -0.15) is 0 Å². The van der Waals surface area contributed by atoms with E-state index in [-0.39, 0.29) is 0 Å². The van der Waals surface area contributed by atoms with Gasteiger partial charge in [-0.15, -0.1) is 0 Å². The Morgan fingerprint density at radius 1 is 0.821 bits per heavy atom. The molecular formula is C27H27N. The average Bonchev–Trinajstić information content (AvgIpc) is 3.03. The van der Waals surface area contributed by atoms with E-state index in [1.807, 2.05) is 0 Å². The summed E-state index contributed by atoms with van der Waals surface area (Å²) in [6.45, 7) is 10.8. The van der Waals surface area contributed by atoms with Crippen LogP contribution in [0.5, 0.6) is 0 Å². The minimum absolute atomic E-state index is 0.622. The fraction of sp³-hybridized carbons (Fsp3) is 0.222. The Balaban J connectivity index is 2.01. The summed E-state index contributed by atoms with van der Waals surface area (Å²) in [6, 6.07) is 17.1. The molecule has 0 spiro atoms. The zero-order valence-corrected chi connectivity index (χ0v) is 17.4. The van der Waals surface area contributed by atoms with E-state index in [4.69, 9.17) is 0 Å². The number of rotatable bonds is 3. The van der Waals surface area contributed by atoms with E-state index in [0.717, 1.165) is 22.9 Å². The molecule has 0 unspecified atom stereocenters. The van der Waals surface area contributed by atoms with Crippen molar-refractivity contribution in [3.05, 3.63) is 99.1 Å². The first-order valence-corrected chi connectivity index (χ1v) is 9.95. The molecule has 0 heterocycles. The molecule has 1 nitrogen and oxygen atoms in total. The number of hydrogen-bond acceptors (Lipinski definition) is 1. The van der Waals surface area contributed by atoms with Crippen molar-refractivity contribution in [3.8, 4) is 0 Å². The zero-order chi connectivity index (χ0) is 20.0. The number of nitrogens with one attached hydrogen (secondary N) is 1. The maximum absolute atomic E-state index is 9.24. The molecule has 0 amide bonds. The first kappa shape index (κ1) is 18.4. The molecule has 1 N–H and O–H groups in total. The molecule has 140 valence electrons. The molecule has 4 rings (SSSR count). The molecular weight excluding hydrogens is 338 g/mol. The predicted octanol–water partition coefficient (Wildman–Crippen LogP) is 7.30. The van der Waals surface area contributed by atoms with Crippen molar-refractivity contribution in [2.24, 2.45) is 0 Å². The molecule has 0 radical (unpaired) electrons. The van der Waals surface area contributed by atoms with Crippen LogP contribution in [0.15, 0.2) is 65.8 Å². The van der Waals surface area contributed by atoms with Crippen LogP contribution in [0.3, 0.4) is 0 Å². The minimum atomic E-state index is 0.622. The standard InChI is InChI=1S/C27H27N/c1-16-11-14-23(20(5)18(16)3)27(28)26-24-9-7-6-8-21(24)12-15-25(26)22-13-10-17(2)19(22)4/h6-12,14-15,28H,13H2,1-5H3. The lowest BCUT2D eigenvalue weighted by molar-refractivity contribution is 1.25. The largest absolute Gasteiger partial charge is 0.300 e. The number of benzene rings is 3. The summed E-state index contributed by atoms with van der Waals surface area (Å²) in [7, 11) is 0. The van der Waals surface area contributed by atoms with Gasteiger partial charge in [0.2, 0.25) is 0 Å². The van der Waals surface area contributed by atoms with Crippen LogP contribution >= 0.6 is 0 Å². The third kappa shape index (κ3) is 2.82. The second-order valence-corrected chi connectivity index (χ2v) is 7.96. The Kier molecular flexibility index (Phi) is 4.55. The van der Waals surface area contributed by atoms with Gasteiger partial charge in [0.15, 0.2) is 0 Å². The van der Waals surface area contributed by atoms with E-state index in [1.54, 1.807) is 0 Å². The van der Waals surface area contributed by atoms with E-state index < -0.39 is 0 Å². The number of fused-ring (bicyclic) bond motifs is 1. The molecule has 0 saturated heterocycles. The topological polar surface area (TPSA) is 23.9 Å². The highest BCUT2D eigenvalue weighted by atomic mass is 14.4. The van der Waals surface area contributed by atoms with E-state index in [2.05, 4.69) is 89.2 Å². The van der Waals surface area contributed by atoms with Gasteiger partial charge in [-0.05, 0) is 85.2 Å². The van der Waals surface area contributed by atoms with Crippen molar-refractivity contribution in [1.82, 2.24) is 0 Å². The summed E-state index contributed by atoms with van der Waals surface area (Å²) in [4.78, 5) is 0. The normalized spacial score (nSPS) is 14.0. The molecule has 3 aromatic rings. The molecule has 3 aromatic carbocycles. The van der Waals surface area contributed by atoms with Gasteiger partial charge in [0, 0.05) is 11.1 Å². The maximum Gasteiger partial charge on any atom is 0.0699 e. The summed E-state index contributed by atoms with van der Waals surface area (Å²) in [5, 5.41) is 11.6. The Labute approximate surface area is 167 Å². The average molecular weight is 366 g/mol. The van der Waals surface area contributed by atoms with Gasteiger partial charge in [0.1, 0.15) is 0 Å². The highest BCUT2D eigenvalue weighted by molar-refractivity contribution is 6.21. The molecule has 1 heteroatoms. The van der Waals surface area contributed by atoms with E-state index in [9.17, 15) is 5.41 Å². The molecule has 0 atom stereocenters. The number of aryl methyl sites for hydroxylation is 1. The first-order chi connectivity index (χ1) is 13.4. The van der Waals surface area contributed by atoms with E-state index >= 15 is 0 Å². The van der Waals surface area contributed by atoms with Gasteiger partial charge in [0.05, 0.1) is 5.71 Å². The maximum atomic E-state index is 9.24. The van der Waals surface area contributed by atoms with Crippen LogP contribution in [0.4, 0.5) is 0 Å². The third-order valence-corrected chi connectivity index (χ3v) is 6.49. The lowest BCUT2D eigenvalue weighted by Gasteiger charge is -2.19. The molecule has 0 bridgehead atoms. The van der Waals surface area contributed by atoms with Crippen molar-refractivity contribution >= 4 is 22.1 Å². The summed E-state index contributed by atoms with van der Waals surface area (Å²) < 4.78 is 0. The lowest BCUT2D eigenvalue weighted by atomic mass is 9.85. The van der Waals surface area contributed by atoms with E-state index in [1.165, 1.54) is 44.4 Å². The van der Waals surface area contributed by atoms with E-state index in [0.29, 0.717) is 5.71 Å². The Morgan fingerprint density at radius 3 is 2.29 bits per heavy atom. The monoisotopic (exact) mass is 365 g/mol. The summed E-state index contributed by atoms with van der Waals surface area (Å²) in [5.74, 6) is 0. The predicted molar refractivity (Wildman–Crippen MR) is 121 cm³/mol. The minimum Gasteiger partial charge on any atom is -0.300 e.